The maximum Gasteiger partial charge on any atom is 0.407 e. The van der Waals surface area contributed by atoms with Crippen molar-refractivity contribution >= 4 is 29.8 Å². The van der Waals surface area contributed by atoms with Gasteiger partial charge in [-0.3, -0.25) is 19.2 Å². The predicted molar refractivity (Wildman–Crippen MR) is 133 cm³/mol. The average molecular weight is 520 g/mol. The van der Waals surface area contributed by atoms with Gasteiger partial charge in [-0.1, -0.05) is 36.8 Å². The van der Waals surface area contributed by atoms with Gasteiger partial charge >= 0.3 is 18.0 Å². The Labute approximate surface area is 217 Å². The minimum absolute atomic E-state index is 0.0610. The summed E-state index contributed by atoms with van der Waals surface area (Å²) in [5.74, 6) is -1.71. The van der Waals surface area contributed by atoms with Crippen molar-refractivity contribution in [2.75, 3.05) is 33.3 Å². The number of esters is 2. The number of unbranched alkanes of at least 4 members (excludes halogenated alkanes) is 1. The summed E-state index contributed by atoms with van der Waals surface area (Å²) >= 11 is 0. The smallest absolute Gasteiger partial charge is 0.407 e. The number of piperazine rings is 1. The summed E-state index contributed by atoms with van der Waals surface area (Å²) in [6, 6.07) is 8.29. The van der Waals surface area contributed by atoms with Crippen LogP contribution in [0.1, 0.15) is 52.0 Å². The summed E-state index contributed by atoms with van der Waals surface area (Å²) in [6.45, 7) is 5.07. The van der Waals surface area contributed by atoms with E-state index in [-0.39, 0.29) is 51.1 Å². The number of carbonyl (C=O) groups is 5. The van der Waals surface area contributed by atoms with E-state index in [9.17, 15) is 24.0 Å². The van der Waals surface area contributed by atoms with Crippen molar-refractivity contribution in [3.63, 3.8) is 0 Å². The number of methoxy groups -OCH3 is 1. The Morgan fingerprint density at radius 3 is 2.38 bits per heavy atom. The molecule has 1 heterocycles. The van der Waals surface area contributed by atoms with E-state index in [0.29, 0.717) is 19.3 Å². The molecule has 1 saturated heterocycles. The van der Waals surface area contributed by atoms with Gasteiger partial charge in [0.05, 0.1) is 7.11 Å². The topological polar surface area (TPSA) is 132 Å². The van der Waals surface area contributed by atoms with Crippen LogP contribution in [-0.4, -0.2) is 84.6 Å². The highest BCUT2D eigenvalue weighted by Gasteiger charge is 2.38. The second-order valence-corrected chi connectivity index (χ2v) is 9.69. The van der Waals surface area contributed by atoms with Gasteiger partial charge < -0.3 is 29.3 Å². The quantitative estimate of drug-likeness (QED) is 0.267. The van der Waals surface area contributed by atoms with Crippen LogP contribution in [0.5, 0.6) is 0 Å². The summed E-state index contributed by atoms with van der Waals surface area (Å²) in [6.07, 6.45) is 0.713. The van der Waals surface area contributed by atoms with Crippen molar-refractivity contribution in [1.82, 2.24) is 15.1 Å². The molecule has 0 aromatic heterocycles. The number of hydrogen-bond acceptors (Lipinski definition) is 8. The fourth-order valence-electron chi connectivity index (χ4n) is 3.84. The van der Waals surface area contributed by atoms with E-state index >= 15 is 0 Å². The SMILES string of the molecule is COC(=O)CCCC[C@H]1C(=O)N(CC(=O)OC(C)(C)C)CCN1C(=O)CNC(=O)OCc1ccccc1. The monoisotopic (exact) mass is 519 g/mol. The molecule has 11 nitrogen and oxygen atoms in total. The first kappa shape index (κ1) is 29.6. The molecule has 0 spiro atoms. The highest BCUT2D eigenvalue weighted by Crippen LogP contribution is 2.19. The molecule has 1 N–H and O–H groups in total. The molecule has 2 rings (SSSR count). The van der Waals surface area contributed by atoms with E-state index in [4.69, 9.17) is 9.47 Å². The van der Waals surface area contributed by atoms with Gasteiger partial charge in [-0.25, -0.2) is 4.79 Å². The second kappa shape index (κ2) is 14.2. The highest BCUT2D eigenvalue weighted by molar-refractivity contribution is 5.92. The van der Waals surface area contributed by atoms with Crippen LogP contribution in [0.25, 0.3) is 0 Å². The number of alkyl carbamates (subject to hydrolysis) is 1. The van der Waals surface area contributed by atoms with Crippen molar-refractivity contribution in [2.24, 2.45) is 0 Å². The normalized spacial score (nSPS) is 15.7. The third-order valence-electron chi connectivity index (χ3n) is 5.58. The number of nitrogens with zero attached hydrogens (tertiary/aromatic N) is 2. The number of ether oxygens (including phenoxy) is 3. The Bertz CT molecular complexity index is 945. The van der Waals surface area contributed by atoms with E-state index in [1.165, 1.54) is 16.9 Å². The number of amides is 3. The molecule has 1 aromatic rings. The third kappa shape index (κ3) is 10.5. The molecular weight excluding hydrogens is 482 g/mol. The minimum Gasteiger partial charge on any atom is -0.469 e. The first-order chi connectivity index (χ1) is 17.5. The lowest BCUT2D eigenvalue weighted by Crippen LogP contribution is -2.61. The average Bonchev–Trinajstić information content (AvgIpc) is 2.85. The fraction of sp³-hybridized carbons (Fsp3) is 0.577. The maximum absolute atomic E-state index is 13.2. The molecule has 0 aliphatic carbocycles. The van der Waals surface area contributed by atoms with Gasteiger partial charge in [0.1, 0.15) is 31.3 Å². The molecule has 0 bridgehead atoms. The molecule has 3 amide bonds. The van der Waals surface area contributed by atoms with Crippen LogP contribution in [0.2, 0.25) is 0 Å². The molecule has 1 aromatic carbocycles. The van der Waals surface area contributed by atoms with Crippen LogP contribution < -0.4 is 5.32 Å². The molecule has 1 aliphatic rings. The van der Waals surface area contributed by atoms with Crippen molar-refractivity contribution < 1.29 is 38.2 Å². The zero-order valence-electron chi connectivity index (χ0n) is 22.0. The first-order valence-corrected chi connectivity index (χ1v) is 12.3. The molecule has 37 heavy (non-hydrogen) atoms. The Kier molecular flexibility index (Phi) is 11.4. The van der Waals surface area contributed by atoms with Gasteiger partial charge in [0.2, 0.25) is 11.8 Å². The minimum atomic E-state index is -0.830. The van der Waals surface area contributed by atoms with E-state index in [1.54, 1.807) is 20.8 Å². The number of benzene rings is 1. The molecule has 0 unspecified atom stereocenters. The summed E-state index contributed by atoms with van der Waals surface area (Å²) in [5, 5.41) is 2.43. The largest absolute Gasteiger partial charge is 0.469 e. The van der Waals surface area contributed by atoms with Gasteiger partial charge in [-0.2, -0.15) is 0 Å². The predicted octanol–water partition coefficient (Wildman–Crippen LogP) is 2.03. The van der Waals surface area contributed by atoms with Crippen LogP contribution in [0, 0.1) is 0 Å². The lowest BCUT2D eigenvalue weighted by atomic mass is 10.0. The number of carbonyl (C=O) groups excluding carboxylic acids is 5. The maximum atomic E-state index is 13.2. The van der Waals surface area contributed by atoms with Crippen molar-refractivity contribution in [1.29, 1.82) is 0 Å². The standard InChI is InChI=1S/C26H37N3O8/c1-26(2,3)37-23(32)17-28-14-15-29(20(24(28)33)12-8-9-13-22(31)35-4)21(30)16-27-25(34)36-18-19-10-6-5-7-11-19/h5-7,10-11,20H,8-9,12-18H2,1-4H3,(H,27,34)/t20-/m0/s1. The second-order valence-electron chi connectivity index (χ2n) is 9.69. The zero-order chi connectivity index (χ0) is 27.4. The molecule has 204 valence electrons. The Morgan fingerprint density at radius 2 is 1.73 bits per heavy atom. The van der Waals surface area contributed by atoms with Gasteiger partial charge in [-0.05, 0) is 39.2 Å². The third-order valence-corrected chi connectivity index (χ3v) is 5.58. The summed E-state index contributed by atoms with van der Waals surface area (Å²) in [5.41, 5.74) is 0.120. The lowest BCUT2D eigenvalue weighted by Gasteiger charge is -2.40. The van der Waals surface area contributed by atoms with Crippen LogP contribution in [0.3, 0.4) is 0 Å². The summed E-state index contributed by atoms with van der Waals surface area (Å²) < 4.78 is 15.1. The van der Waals surface area contributed by atoms with Gasteiger partial charge in [-0.15, -0.1) is 0 Å². The van der Waals surface area contributed by atoms with Crippen molar-refractivity contribution in [2.45, 2.75) is 64.7 Å². The molecule has 11 heteroatoms. The van der Waals surface area contributed by atoms with E-state index in [2.05, 4.69) is 10.1 Å². The number of hydrogen-bond donors (Lipinski definition) is 1. The van der Waals surface area contributed by atoms with Gasteiger partial charge in [0.15, 0.2) is 0 Å². The van der Waals surface area contributed by atoms with Crippen molar-refractivity contribution in [3.8, 4) is 0 Å². The highest BCUT2D eigenvalue weighted by atomic mass is 16.6. The van der Waals surface area contributed by atoms with E-state index in [0.717, 1.165) is 5.56 Å². The Balaban J connectivity index is 1.97. The van der Waals surface area contributed by atoms with E-state index in [1.807, 2.05) is 30.3 Å². The zero-order valence-corrected chi connectivity index (χ0v) is 22.0. The van der Waals surface area contributed by atoms with Crippen LogP contribution in [0.15, 0.2) is 30.3 Å². The number of nitrogens with one attached hydrogen (secondary N) is 1. The van der Waals surface area contributed by atoms with Crippen LogP contribution in [0.4, 0.5) is 4.79 Å². The summed E-state index contributed by atoms with van der Waals surface area (Å²) in [7, 11) is 1.31. The van der Waals surface area contributed by atoms with Gasteiger partial charge in [0.25, 0.3) is 0 Å². The van der Waals surface area contributed by atoms with Gasteiger partial charge in [0, 0.05) is 19.5 Å². The Morgan fingerprint density at radius 1 is 1.03 bits per heavy atom. The van der Waals surface area contributed by atoms with Crippen molar-refractivity contribution in [3.05, 3.63) is 35.9 Å². The molecular formula is C26H37N3O8. The first-order valence-electron chi connectivity index (χ1n) is 12.3. The molecule has 1 atom stereocenters. The molecule has 1 aliphatic heterocycles. The van der Waals surface area contributed by atoms with E-state index < -0.39 is 29.6 Å². The van der Waals surface area contributed by atoms with Crippen LogP contribution >= 0.6 is 0 Å². The molecule has 0 saturated carbocycles. The fourth-order valence-corrected chi connectivity index (χ4v) is 3.84. The number of rotatable bonds is 11. The summed E-state index contributed by atoms with van der Waals surface area (Å²) in [4.78, 5) is 64.8. The molecule has 0 radical (unpaired) electrons. The molecule has 1 fully saturated rings. The lowest BCUT2D eigenvalue weighted by molar-refractivity contribution is -0.163. The Hall–Kier alpha value is -3.63. The van der Waals surface area contributed by atoms with Crippen LogP contribution in [-0.2, 0) is 40.0 Å².